The normalized spacial score (nSPS) is 11.5. The molecule has 6 aromatic carbocycles. The number of para-hydroxylation sites is 2. The van der Waals surface area contributed by atoms with Crippen molar-refractivity contribution < 1.29 is 19.4 Å². The number of amides is 1. The van der Waals surface area contributed by atoms with Gasteiger partial charge in [-0.25, -0.2) is 4.79 Å². The second-order valence-corrected chi connectivity index (χ2v) is 11.0. The largest absolute Gasteiger partial charge is 0.480 e. The second kappa shape index (κ2) is 13.4. The molecule has 6 nitrogen and oxygen atoms in total. The van der Waals surface area contributed by atoms with Gasteiger partial charge in [-0.2, -0.15) is 0 Å². The zero-order valence-corrected chi connectivity index (χ0v) is 24.9. The number of benzene rings is 6. The fourth-order valence-corrected chi connectivity index (χ4v) is 5.31. The number of ether oxygens (including phenoxy) is 1. The van der Waals surface area contributed by atoms with Gasteiger partial charge in [0, 0.05) is 22.7 Å². The van der Waals surface area contributed by atoms with Gasteiger partial charge in [0.1, 0.15) is 17.5 Å². The van der Waals surface area contributed by atoms with Crippen molar-refractivity contribution in [2.24, 2.45) is 0 Å². The number of carboxylic acid groups (broad SMARTS) is 1. The first-order valence-corrected chi connectivity index (χ1v) is 14.8. The fraction of sp³-hybridized carbons (Fsp3) is 0.0526. The topological polar surface area (TPSA) is 87.7 Å². The van der Waals surface area contributed by atoms with Crippen LogP contribution in [0.4, 0.5) is 11.4 Å². The zero-order chi connectivity index (χ0) is 31.2. The van der Waals surface area contributed by atoms with Crippen LogP contribution >= 0.6 is 11.6 Å². The molecule has 0 saturated heterocycles. The van der Waals surface area contributed by atoms with Crippen molar-refractivity contribution in [1.82, 2.24) is 5.32 Å². The monoisotopic (exact) mass is 612 g/mol. The molecule has 45 heavy (non-hydrogen) atoms. The maximum atomic E-state index is 13.5. The van der Waals surface area contributed by atoms with Crippen LogP contribution in [0.3, 0.4) is 0 Å². The molecule has 222 valence electrons. The molecule has 1 amide bonds. The number of rotatable bonds is 10. The lowest BCUT2D eigenvalue weighted by Gasteiger charge is -2.18. The van der Waals surface area contributed by atoms with Crippen molar-refractivity contribution in [3.8, 4) is 22.6 Å². The van der Waals surface area contributed by atoms with Gasteiger partial charge in [-0.05, 0) is 70.4 Å². The molecule has 0 aliphatic rings. The van der Waals surface area contributed by atoms with E-state index < -0.39 is 17.9 Å². The molecule has 0 bridgehead atoms. The van der Waals surface area contributed by atoms with E-state index in [1.165, 1.54) is 6.07 Å². The molecular weight excluding hydrogens is 584 g/mol. The molecule has 0 fully saturated rings. The van der Waals surface area contributed by atoms with Crippen LogP contribution in [0.25, 0.3) is 21.9 Å². The van der Waals surface area contributed by atoms with Gasteiger partial charge >= 0.3 is 5.97 Å². The van der Waals surface area contributed by atoms with E-state index in [9.17, 15) is 14.7 Å². The van der Waals surface area contributed by atoms with E-state index in [1.807, 2.05) is 121 Å². The summed E-state index contributed by atoms with van der Waals surface area (Å²) in [5.41, 5.74) is 4.13. The predicted octanol–water partition coefficient (Wildman–Crippen LogP) is 9.12. The molecular formula is C38H29ClN2O4. The third-order valence-electron chi connectivity index (χ3n) is 7.42. The van der Waals surface area contributed by atoms with Crippen LogP contribution < -0.4 is 15.4 Å². The standard InChI is InChI=1S/C38H29ClN2O4/c39-29-19-21-34(40-30-20-18-26-8-4-5-9-28(26)23-30)33(24-29)37(42)41-35(38(43)44)22-25-14-16-27(17-15-25)32-12-6-7-13-36(32)45-31-10-2-1-3-11-31/h1-21,23-24,35,40H,22H2,(H,41,42)(H,43,44)/t35-/m0/s1. The number of hydrogen-bond acceptors (Lipinski definition) is 4. The summed E-state index contributed by atoms with van der Waals surface area (Å²) in [6.45, 7) is 0. The number of carbonyl (C=O) groups is 2. The smallest absolute Gasteiger partial charge is 0.326 e. The quantitative estimate of drug-likeness (QED) is 0.144. The van der Waals surface area contributed by atoms with Crippen LogP contribution in [-0.4, -0.2) is 23.0 Å². The Labute approximate surface area is 265 Å². The summed E-state index contributed by atoms with van der Waals surface area (Å²) < 4.78 is 6.11. The Kier molecular flexibility index (Phi) is 8.76. The van der Waals surface area contributed by atoms with E-state index in [-0.39, 0.29) is 12.0 Å². The number of halogens is 1. The van der Waals surface area contributed by atoms with E-state index >= 15 is 0 Å². The Balaban J connectivity index is 1.18. The lowest BCUT2D eigenvalue weighted by atomic mass is 9.99. The predicted molar refractivity (Wildman–Crippen MR) is 180 cm³/mol. The van der Waals surface area contributed by atoms with Crippen molar-refractivity contribution in [1.29, 1.82) is 0 Å². The van der Waals surface area contributed by atoms with Crippen molar-refractivity contribution in [2.75, 3.05) is 5.32 Å². The van der Waals surface area contributed by atoms with Gasteiger partial charge in [-0.15, -0.1) is 0 Å². The van der Waals surface area contributed by atoms with Gasteiger partial charge in [0.25, 0.3) is 5.91 Å². The van der Waals surface area contributed by atoms with Gasteiger partial charge in [-0.1, -0.05) is 103 Å². The van der Waals surface area contributed by atoms with Crippen molar-refractivity contribution in [3.63, 3.8) is 0 Å². The first-order chi connectivity index (χ1) is 21.9. The molecule has 0 radical (unpaired) electrons. The van der Waals surface area contributed by atoms with Gasteiger partial charge in [0.2, 0.25) is 0 Å². The maximum absolute atomic E-state index is 13.5. The number of carbonyl (C=O) groups excluding carboxylic acids is 1. The molecule has 6 aromatic rings. The van der Waals surface area contributed by atoms with Crippen LogP contribution in [0, 0.1) is 0 Å². The van der Waals surface area contributed by atoms with Crippen LogP contribution in [0.5, 0.6) is 11.5 Å². The van der Waals surface area contributed by atoms with Crippen molar-refractivity contribution >= 4 is 45.6 Å². The van der Waals surface area contributed by atoms with Crippen LogP contribution in [0.15, 0.2) is 140 Å². The summed E-state index contributed by atoms with van der Waals surface area (Å²) in [7, 11) is 0. The SMILES string of the molecule is O=C(N[C@@H](Cc1ccc(-c2ccccc2Oc2ccccc2)cc1)C(=O)O)c1cc(Cl)ccc1Nc1ccc2ccccc2c1. The number of carboxylic acids is 1. The Hall–Kier alpha value is -5.59. The highest BCUT2D eigenvalue weighted by molar-refractivity contribution is 6.31. The molecule has 0 aliphatic heterocycles. The van der Waals surface area contributed by atoms with Gasteiger partial charge in [0.15, 0.2) is 0 Å². The molecule has 0 aromatic heterocycles. The first kappa shape index (κ1) is 29.5. The van der Waals surface area contributed by atoms with E-state index in [1.54, 1.807) is 12.1 Å². The average molecular weight is 613 g/mol. The minimum atomic E-state index is -1.16. The number of aliphatic carboxylic acids is 1. The maximum Gasteiger partial charge on any atom is 0.326 e. The summed E-state index contributed by atoms with van der Waals surface area (Å²) in [6, 6.07) is 42.5. The Morgan fingerprint density at radius 2 is 1.44 bits per heavy atom. The van der Waals surface area contributed by atoms with Crippen molar-refractivity contribution in [3.05, 3.63) is 156 Å². The summed E-state index contributed by atoms with van der Waals surface area (Å²) in [6.07, 6.45) is 0.0948. The van der Waals surface area contributed by atoms with Gasteiger partial charge in [-0.3, -0.25) is 4.79 Å². The van der Waals surface area contributed by atoms with Crippen LogP contribution in [0.1, 0.15) is 15.9 Å². The van der Waals surface area contributed by atoms with Crippen LogP contribution in [-0.2, 0) is 11.2 Å². The Morgan fingerprint density at radius 3 is 2.22 bits per heavy atom. The Morgan fingerprint density at radius 1 is 0.733 bits per heavy atom. The molecule has 6 rings (SSSR count). The number of anilines is 2. The molecule has 7 heteroatoms. The minimum Gasteiger partial charge on any atom is -0.480 e. The summed E-state index contributed by atoms with van der Waals surface area (Å²) >= 11 is 6.26. The lowest BCUT2D eigenvalue weighted by molar-refractivity contribution is -0.139. The summed E-state index contributed by atoms with van der Waals surface area (Å²) in [5.74, 6) is -0.240. The molecule has 0 saturated carbocycles. The lowest BCUT2D eigenvalue weighted by Crippen LogP contribution is -2.42. The van der Waals surface area contributed by atoms with Gasteiger partial charge < -0.3 is 20.5 Å². The number of nitrogens with one attached hydrogen (secondary N) is 2. The third-order valence-corrected chi connectivity index (χ3v) is 7.66. The molecule has 0 unspecified atom stereocenters. The number of hydrogen-bond donors (Lipinski definition) is 3. The molecule has 0 heterocycles. The zero-order valence-electron chi connectivity index (χ0n) is 24.1. The average Bonchev–Trinajstić information content (AvgIpc) is 3.06. The third kappa shape index (κ3) is 7.15. The van der Waals surface area contributed by atoms with E-state index in [0.29, 0.717) is 16.5 Å². The second-order valence-electron chi connectivity index (χ2n) is 10.6. The first-order valence-electron chi connectivity index (χ1n) is 14.4. The minimum absolute atomic E-state index is 0.0948. The molecule has 0 aliphatic carbocycles. The number of fused-ring (bicyclic) bond motifs is 1. The molecule has 3 N–H and O–H groups in total. The van der Waals surface area contributed by atoms with E-state index in [4.69, 9.17) is 16.3 Å². The highest BCUT2D eigenvalue weighted by atomic mass is 35.5. The Bertz CT molecular complexity index is 1980. The molecule has 0 spiro atoms. The van der Waals surface area contributed by atoms with Gasteiger partial charge in [0.05, 0.1) is 11.3 Å². The van der Waals surface area contributed by atoms with Crippen molar-refractivity contribution in [2.45, 2.75) is 12.5 Å². The van der Waals surface area contributed by atoms with E-state index in [0.717, 1.165) is 38.9 Å². The fourth-order valence-electron chi connectivity index (χ4n) is 5.14. The van der Waals surface area contributed by atoms with Crippen LogP contribution in [0.2, 0.25) is 5.02 Å². The highest BCUT2D eigenvalue weighted by Gasteiger charge is 2.23. The summed E-state index contributed by atoms with van der Waals surface area (Å²) in [5, 5.41) is 18.5. The highest BCUT2D eigenvalue weighted by Crippen LogP contribution is 2.33. The summed E-state index contributed by atoms with van der Waals surface area (Å²) in [4.78, 5) is 25.7. The molecule has 1 atom stereocenters. The van der Waals surface area contributed by atoms with E-state index in [2.05, 4.69) is 10.6 Å².